The Morgan fingerprint density at radius 2 is 2.00 bits per heavy atom. The molecule has 0 bridgehead atoms. The Morgan fingerprint density at radius 1 is 1.35 bits per heavy atom. The number of hydrogen-bond donors (Lipinski definition) is 3. The summed E-state index contributed by atoms with van der Waals surface area (Å²) in [5.41, 5.74) is -0.181. The second kappa shape index (κ2) is 5.83. The van der Waals surface area contributed by atoms with Crippen molar-refractivity contribution in [1.29, 1.82) is 0 Å². The number of aliphatic hydroxyl groups excluding tert-OH is 1. The third-order valence-corrected chi connectivity index (χ3v) is 3.23. The number of aromatic amines is 1. The number of nitrogens with zero attached hydrogens (tertiary/aromatic N) is 1. The molecule has 0 aliphatic carbocycles. The molecule has 1 aromatic heterocycles. The van der Waals surface area contributed by atoms with Crippen molar-refractivity contribution in [2.45, 2.75) is 19.9 Å². The van der Waals surface area contributed by atoms with Gasteiger partial charge in [0.25, 0.3) is 11.5 Å². The van der Waals surface area contributed by atoms with E-state index < -0.39 is 5.91 Å². The molecule has 2 aromatic rings. The molecule has 0 radical (unpaired) electrons. The van der Waals surface area contributed by atoms with Crippen LogP contribution >= 0.6 is 0 Å². The van der Waals surface area contributed by atoms with Crippen LogP contribution in [0, 0.1) is 5.92 Å². The molecule has 1 atom stereocenters. The minimum Gasteiger partial charge on any atom is -0.394 e. The lowest BCUT2D eigenvalue weighted by atomic mass is 10.0. The number of amides is 1. The number of hydrogen-bond acceptors (Lipinski definition) is 4. The number of H-pyrrole nitrogens is 1. The van der Waals surface area contributed by atoms with E-state index in [0.717, 1.165) is 0 Å². The van der Waals surface area contributed by atoms with E-state index in [2.05, 4.69) is 15.5 Å². The summed E-state index contributed by atoms with van der Waals surface area (Å²) < 4.78 is 0. The van der Waals surface area contributed by atoms with E-state index in [9.17, 15) is 14.7 Å². The van der Waals surface area contributed by atoms with Crippen LogP contribution in [-0.4, -0.2) is 33.9 Å². The van der Waals surface area contributed by atoms with Gasteiger partial charge in [-0.3, -0.25) is 9.59 Å². The van der Waals surface area contributed by atoms with E-state index >= 15 is 0 Å². The van der Waals surface area contributed by atoms with Crippen LogP contribution in [-0.2, 0) is 0 Å². The fourth-order valence-corrected chi connectivity index (χ4v) is 1.95. The Morgan fingerprint density at radius 3 is 2.60 bits per heavy atom. The van der Waals surface area contributed by atoms with E-state index in [0.29, 0.717) is 10.8 Å². The Balaban J connectivity index is 2.41. The zero-order valence-corrected chi connectivity index (χ0v) is 11.4. The molecule has 1 aromatic carbocycles. The first-order valence-corrected chi connectivity index (χ1v) is 6.43. The molecule has 0 aliphatic rings. The van der Waals surface area contributed by atoms with E-state index in [1.165, 1.54) is 0 Å². The third-order valence-electron chi connectivity index (χ3n) is 3.23. The van der Waals surface area contributed by atoms with Gasteiger partial charge in [-0.15, -0.1) is 0 Å². The van der Waals surface area contributed by atoms with Gasteiger partial charge in [0, 0.05) is 5.39 Å². The molecule has 0 saturated carbocycles. The van der Waals surface area contributed by atoms with Gasteiger partial charge in [0.15, 0.2) is 5.69 Å². The maximum Gasteiger partial charge on any atom is 0.272 e. The second-order valence-electron chi connectivity index (χ2n) is 4.95. The van der Waals surface area contributed by atoms with Crippen molar-refractivity contribution in [3.8, 4) is 0 Å². The first-order valence-electron chi connectivity index (χ1n) is 6.43. The van der Waals surface area contributed by atoms with Crippen molar-refractivity contribution in [3.63, 3.8) is 0 Å². The number of nitrogens with one attached hydrogen (secondary N) is 2. The summed E-state index contributed by atoms with van der Waals surface area (Å²) in [6, 6.07) is 6.43. The van der Waals surface area contributed by atoms with Gasteiger partial charge in [0.1, 0.15) is 0 Å². The van der Waals surface area contributed by atoms with Crippen molar-refractivity contribution in [2.24, 2.45) is 5.92 Å². The van der Waals surface area contributed by atoms with E-state index in [1.54, 1.807) is 24.3 Å². The molecule has 0 spiro atoms. The molecule has 1 amide bonds. The van der Waals surface area contributed by atoms with Crippen molar-refractivity contribution >= 4 is 16.7 Å². The average molecular weight is 275 g/mol. The van der Waals surface area contributed by atoms with Crippen LogP contribution in [0.2, 0.25) is 0 Å². The SMILES string of the molecule is CC(C)[C@@H](CO)NC(=O)c1n[nH]c(=O)c2ccccc12. The minimum absolute atomic E-state index is 0.0953. The van der Waals surface area contributed by atoms with Gasteiger partial charge < -0.3 is 10.4 Å². The van der Waals surface area contributed by atoms with Gasteiger partial charge in [-0.05, 0) is 12.0 Å². The molecular formula is C14H17N3O3. The zero-order valence-electron chi connectivity index (χ0n) is 11.4. The second-order valence-corrected chi connectivity index (χ2v) is 4.95. The van der Waals surface area contributed by atoms with E-state index in [1.807, 2.05) is 13.8 Å². The zero-order chi connectivity index (χ0) is 14.7. The largest absolute Gasteiger partial charge is 0.394 e. The van der Waals surface area contributed by atoms with E-state index in [4.69, 9.17) is 0 Å². The molecule has 0 aliphatic heterocycles. The first kappa shape index (κ1) is 14.2. The Labute approximate surface area is 115 Å². The van der Waals surface area contributed by atoms with Gasteiger partial charge >= 0.3 is 0 Å². The highest BCUT2D eigenvalue weighted by atomic mass is 16.3. The average Bonchev–Trinajstić information content (AvgIpc) is 2.45. The van der Waals surface area contributed by atoms with Crippen molar-refractivity contribution in [3.05, 3.63) is 40.3 Å². The monoisotopic (exact) mass is 275 g/mol. The summed E-state index contributed by atoms with van der Waals surface area (Å²) in [7, 11) is 0. The Hall–Kier alpha value is -2.21. The summed E-state index contributed by atoms with van der Waals surface area (Å²) in [6.45, 7) is 3.66. The lowest BCUT2D eigenvalue weighted by Crippen LogP contribution is -2.41. The predicted octanol–water partition coefficient (Wildman–Crippen LogP) is 0.670. The van der Waals surface area contributed by atoms with Crippen molar-refractivity contribution < 1.29 is 9.90 Å². The highest BCUT2D eigenvalue weighted by molar-refractivity contribution is 6.04. The van der Waals surface area contributed by atoms with Crippen molar-refractivity contribution in [2.75, 3.05) is 6.61 Å². The number of aliphatic hydroxyl groups is 1. The summed E-state index contributed by atoms with van der Waals surface area (Å²) >= 11 is 0. The summed E-state index contributed by atoms with van der Waals surface area (Å²) in [5, 5.41) is 19.0. The fourth-order valence-electron chi connectivity index (χ4n) is 1.95. The minimum atomic E-state index is -0.412. The van der Waals surface area contributed by atoms with Gasteiger partial charge in [-0.2, -0.15) is 5.10 Å². The number of carbonyl (C=O) groups is 1. The summed E-state index contributed by atoms with van der Waals surface area (Å²) in [4.78, 5) is 23.9. The molecular weight excluding hydrogens is 258 g/mol. The fraction of sp³-hybridized carbons (Fsp3) is 0.357. The lowest BCUT2D eigenvalue weighted by Gasteiger charge is -2.19. The first-order chi connectivity index (χ1) is 9.54. The maximum atomic E-state index is 12.2. The molecule has 0 fully saturated rings. The van der Waals surface area contributed by atoms with Crippen LogP contribution in [0.5, 0.6) is 0 Å². The van der Waals surface area contributed by atoms with Crippen LogP contribution in [0.4, 0.5) is 0 Å². The molecule has 0 saturated heterocycles. The highest BCUT2D eigenvalue weighted by Gasteiger charge is 2.19. The highest BCUT2D eigenvalue weighted by Crippen LogP contribution is 2.13. The van der Waals surface area contributed by atoms with Crippen LogP contribution in [0.1, 0.15) is 24.3 Å². The summed E-state index contributed by atoms with van der Waals surface area (Å²) in [6.07, 6.45) is 0. The topological polar surface area (TPSA) is 95.1 Å². The molecule has 2 rings (SSSR count). The van der Waals surface area contributed by atoms with Crippen LogP contribution < -0.4 is 10.9 Å². The van der Waals surface area contributed by atoms with Gasteiger partial charge in [-0.25, -0.2) is 5.10 Å². The molecule has 0 unspecified atom stereocenters. The predicted molar refractivity (Wildman–Crippen MR) is 75.5 cm³/mol. The quantitative estimate of drug-likeness (QED) is 0.764. The van der Waals surface area contributed by atoms with Gasteiger partial charge in [0.2, 0.25) is 0 Å². The van der Waals surface area contributed by atoms with Crippen molar-refractivity contribution in [1.82, 2.24) is 15.5 Å². The van der Waals surface area contributed by atoms with Crippen LogP contribution in [0.25, 0.3) is 10.8 Å². The number of aromatic nitrogens is 2. The van der Waals surface area contributed by atoms with Gasteiger partial charge in [0.05, 0.1) is 18.0 Å². The van der Waals surface area contributed by atoms with Crippen LogP contribution in [0.15, 0.2) is 29.1 Å². The Bertz CT molecular complexity index is 679. The number of benzene rings is 1. The summed E-state index contributed by atoms with van der Waals surface area (Å²) in [5.74, 6) is -0.317. The Kier molecular flexibility index (Phi) is 4.14. The molecule has 106 valence electrons. The molecule has 6 heteroatoms. The number of rotatable bonds is 4. The molecule has 20 heavy (non-hydrogen) atoms. The molecule has 6 nitrogen and oxygen atoms in total. The molecule has 3 N–H and O–H groups in total. The van der Waals surface area contributed by atoms with Crippen LogP contribution in [0.3, 0.4) is 0 Å². The smallest absolute Gasteiger partial charge is 0.272 e. The van der Waals surface area contributed by atoms with E-state index in [-0.39, 0.29) is 29.8 Å². The lowest BCUT2D eigenvalue weighted by molar-refractivity contribution is 0.0892. The molecule has 1 heterocycles. The number of fused-ring (bicyclic) bond motifs is 1. The standard InChI is InChI=1S/C14H17N3O3/c1-8(2)11(7-18)15-14(20)12-9-5-3-4-6-10(9)13(19)17-16-12/h3-6,8,11,18H,7H2,1-2H3,(H,15,20)(H,17,19)/t11-/m1/s1. The third kappa shape index (κ3) is 2.70. The normalized spacial score (nSPS) is 12.6. The maximum absolute atomic E-state index is 12.2. The van der Waals surface area contributed by atoms with Gasteiger partial charge in [-0.1, -0.05) is 32.0 Å². The number of carbonyl (C=O) groups excluding carboxylic acids is 1.